The maximum absolute atomic E-state index is 9.36. The summed E-state index contributed by atoms with van der Waals surface area (Å²) in [5, 5.41) is 29.0. The fraction of sp³-hybridized carbons (Fsp3) is 1.00. The Hall–Kier alpha value is -0.200. The molecule has 12 heavy (non-hydrogen) atoms. The van der Waals surface area contributed by atoms with Crippen molar-refractivity contribution >= 4 is 0 Å². The van der Waals surface area contributed by atoms with Gasteiger partial charge in [-0.3, -0.25) is 0 Å². The summed E-state index contributed by atoms with van der Waals surface area (Å²) in [6.45, 7) is 0.595. The molecule has 0 saturated carbocycles. The zero-order valence-electron chi connectivity index (χ0n) is 7.05. The number of piperidine rings is 1. The van der Waals surface area contributed by atoms with Gasteiger partial charge in [-0.1, -0.05) is 0 Å². The van der Waals surface area contributed by atoms with Crippen LogP contribution in [-0.4, -0.2) is 59.4 Å². The summed E-state index contributed by atoms with van der Waals surface area (Å²) in [6.07, 6.45) is -1.68. The molecule has 5 nitrogen and oxygen atoms in total. The highest BCUT2D eigenvalue weighted by molar-refractivity contribution is 4.83. The zero-order valence-corrected chi connectivity index (χ0v) is 7.05. The average Bonchev–Trinajstić information content (AvgIpc) is 2.09. The van der Waals surface area contributed by atoms with Crippen LogP contribution in [0.3, 0.4) is 0 Å². The Bertz CT molecular complexity index is 143. The van der Waals surface area contributed by atoms with Crippen molar-refractivity contribution in [2.75, 3.05) is 26.8 Å². The topological polar surface area (TPSA) is 73.2 Å². The van der Waals surface area contributed by atoms with Crippen LogP contribution in [0.5, 0.6) is 0 Å². The first kappa shape index (κ1) is 9.88. The lowest BCUT2D eigenvalue weighted by molar-refractivity contribution is -0.208. The van der Waals surface area contributed by atoms with Gasteiger partial charge in [-0.15, -0.1) is 0 Å². The van der Waals surface area contributed by atoms with Gasteiger partial charge < -0.3 is 20.2 Å². The van der Waals surface area contributed by atoms with E-state index < -0.39 is 12.2 Å². The van der Waals surface area contributed by atoms with Crippen molar-refractivity contribution in [3.8, 4) is 0 Å². The molecule has 1 aliphatic heterocycles. The van der Waals surface area contributed by atoms with Gasteiger partial charge in [0.2, 0.25) is 0 Å². The Morgan fingerprint density at radius 2 is 2.08 bits per heavy atom. The van der Waals surface area contributed by atoms with Crippen molar-refractivity contribution in [1.82, 2.24) is 5.06 Å². The number of hydrogen-bond acceptors (Lipinski definition) is 5. The van der Waals surface area contributed by atoms with Crippen molar-refractivity contribution in [3.63, 3.8) is 0 Å². The van der Waals surface area contributed by atoms with E-state index in [1.54, 1.807) is 0 Å². The van der Waals surface area contributed by atoms with Crippen molar-refractivity contribution in [3.05, 3.63) is 0 Å². The molecule has 1 saturated heterocycles. The minimum Gasteiger partial charge on any atom is -0.396 e. The van der Waals surface area contributed by atoms with Crippen LogP contribution in [0, 0.1) is 5.92 Å². The second-order valence-corrected chi connectivity index (χ2v) is 3.03. The molecule has 3 N–H and O–H groups in total. The molecule has 0 aliphatic carbocycles. The first-order chi connectivity index (χ1) is 5.69. The van der Waals surface area contributed by atoms with Gasteiger partial charge in [0.15, 0.2) is 0 Å². The predicted molar refractivity (Wildman–Crippen MR) is 41.2 cm³/mol. The molecule has 3 atom stereocenters. The molecule has 1 heterocycles. The second kappa shape index (κ2) is 4.15. The van der Waals surface area contributed by atoms with Gasteiger partial charge in [-0.05, 0) is 0 Å². The summed E-state index contributed by atoms with van der Waals surface area (Å²) < 4.78 is 0. The lowest BCUT2D eigenvalue weighted by atomic mass is 9.94. The number of hydrogen-bond donors (Lipinski definition) is 3. The van der Waals surface area contributed by atoms with E-state index in [1.165, 1.54) is 12.2 Å². The molecule has 0 unspecified atom stereocenters. The van der Waals surface area contributed by atoms with E-state index in [2.05, 4.69) is 0 Å². The SMILES string of the molecule is CON1C[C@H](CO)[C@@H](O)[C@H](O)C1. The van der Waals surface area contributed by atoms with Gasteiger partial charge in [0.25, 0.3) is 0 Å². The molecule has 0 radical (unpaired) electrons. The second-order valence-electron chi connectivity index (χ2n) is 3.03. The maximum atomic E-state index is 9.36. The van der Waals surface area contributed by atoms with E-state index in [0.717, 1.165) is 0 Å². The molecule has 1 fully saturated rings. The summed E-state index contributed by atoms with van der Waals surface area (Å²) in [6, 6.07) is 0. The van der Waals surface area contributed by atoms with Gasteiger partial charge in [0.1, 0.15) is 0 Å². The van der Waals surface area contributed by atoms with Crippen LogP contribution in [-0.2, 0) is 4.84 Å². The number of hydroxylamine groups is 2. The van der Waals surface area contributed by atoms with Gasteiger partial charge in [0.05, 0.1) is 25.9 Å². The summed E-state index contributed by atoms with van der Waals surface area (Å²) in [5.74, 6) is -0.325. The predicted octanol–water partition coefficient (Wildman–Crippen LogP) is -1.81. The Kier molecular flexibility index (Phi) is 3.42. The standard InChI is InChI=1S/C7H15NO4/c1-12-8-2-5(4-9)7(11)6(10)3-8/h5-7,9-11H,2-4H2,1H3/t5-,6-,7-/m1/s1. The Morgan fingerprint density at radius 1 is 1.42 bits per heavy atom. The van der Waals surface area contributed by atoms with Gasteiger partial charge in [0, 0.05) is 19.1 Å². The van der Waals surface area contributed by atoms with E-state index in [9.17, 15) is 10.2 Å². The molecular weight excluding hydrogens is 162 g/mol. The van der Waals surface area contributed by atoms with E-state index in [-0.39, 0.29) is 19.1 Å². The van der Waals surface area contributed by atoms with Crippen LogP contribution in [0.25, 0.3) is 0 Å². The molecule has 0 aromatic rings. The van der Waals surface area contributed by atoms with E-state index in [1.807, 2.05) is 0 Å². The zero-order chi connectivity index (χ0) is 9.14. The fourth-order valence-corrected chi connectivity index (χ4v) is 1.39. The van der Waals surface area contributed by atoms with Crippen LogP contribution in [0.15, 0.2) is 0 Å². The molecule has 1 aliphatic rings. The van der Waals surface area contributed by atoms with E-state index in [0.29, 0.717) is 6.54 Å². The normalized spacial score (nSPS) is 38.5. The first-order valence-electron chi connectivity index (χ1n) is 3.95. The minimum absolute atomic E-state index is 0.141. The van der Waals surface area contributed by atoms with Gasteiger partial charge >= 0.3 is 0 Å². The first-order valence-corrected chi connectivity index (χ1v) is 3.95. The summed E-state index contributed by atoms with van der Waals surface area (Å²) >= 11 is 0. The van der Waals surface area contributed by atoms with E-state index in [4.69, 9.17) is 9.94 Å². The quantitative estimate of drug-likeness (QED) is 0.464. The third kappa shape index (κ3) is 1.94. The number of nitrogens with zero attached hydrogens (tertiary/aromatic N) is 1. The smallest absolute Gasteiger partial charge is 0.0953 e. The van der Waals surface area contributed by atoms with Crippen LogP contribution in [0.2, 0.25) is 0 Å². The lowest BCUT2D eigenvalue weighted by Crippen LogP contribution is -2.53. The molecular formula is C7H15NO4. The molecule has 1 rings (SSSR count). The number of aliphatic hydroxyl groups excluding tert-OH is 3. The van der Waals surface area contributed by atoms with Crippen molar-refractivity contribution in [2.45, 2.75) is 12.2 Å². The Balaban J connectivity index is 2.52. The minimum atomic E-state index is -0.846. The summed E-state index contributed by atoms with van der Waals surface area (Å²) in [5.41, 5.74) is 0. The average molecular weight is 177 g/mol. The van der Waals surface area contributed by atoms with Crippen molar-refractivity contribution < 1.29 is 20.2 Å². The number of rotatable bonds is 2. The molecule has 0 aromatic heterocycles. The Labute approximate surface area is 71.1 Å². The monoisotopic (exact) mass is 177 g/mol. The fourth-order valence-electron chi connectivity index (χ4n) is 1.39. The lowest BCUT2D eigenvalue weighted by Gasteiger charge is -2.36. The van der Waals surface area contributed by atoms with Crippen molar-refractivity contribution in [2.24, 2.45) is 5.92 Å². The van der Waals surface area contributed by atoms with Gasteiger partial charge in [-0.2, -0.15) is 5.06 Å². The Morgan fingerprint density at radius 3 is 2.58 bits per heavy atom. The maximum Gasteiger partial charge on any atom is 0.0953 e. The largest absolute Gasteiger partial charge is 0.396 e. The van der Waals surface area contributed by atoms with Crippen LogP contribution < -0.4 is 0 Å². The molecule has 0 spiro atoms. The summed E-state index contributed by atoms with van der Waals surface area (Å²) in [4.78, 5) is 4.89. The molecule has 0 bridgehead atoms. The van der Waals surface area contributed by atoms with Gasteiger partial charge in [-0.25, -0.2) is 0 Å². The van der Waals surface area contributed by atoms with Crippen LogP contribution in [0.4, 0.5) is 0 Å². The number of aliphatic hydroxyl groups is 3. The highest BCUT2D eigenvalue weighted by Crippen LogP contribution is 2.16. The highest BCUT2D eigenvalue weighted by Gasteiger charge is 2.34. The molecule has 5 heteroatoms. The molecule has 72 valence electrons. The van der Waals surface area contributed by atoms with E-state index >= 15 is 0 Å². The molecule has 0 amide bonds. The van der Waals surface area contributed by atoms with Crippen LogP contribution >= 0.6 is 0 Å². The highest BCUT2D eigenvalue weighted by atomic mass is 16.7. The van der Waals surface area contributed by atoms with Crippen LogP contribution in [0.1, 0.15) is 0 Å². The third-order valence-electron chi connectivity index (χ3n) is 2.20. The summed E-state index contributed by atoms with van der Waals surface area (Å²) in [7, 11) is 1.50. The third-order valence-corrected chi connectivity index (χ3v) is 2.20. The molecule has 0 aromatic carbocycles. The van der Waals surface area contributed by atoms with Crippen molar-refractivity contribution in [1.29, 1.82) is 0 Å². The number of β-amino-alcohol motifs (C(OH)–C–C–N with tert-alkyl or cyclic N) is 1.